The Bertz CT molecular complexity index is 935. The standard InChI is InChI=1S/C16H12BrFN2O2S/c17-10-5-6-12(11(18)9-10)19-15(21)7-8-20-13-3-1-2-4-14(13)23-16(20)22/h1-6,9H,7-8H2,(H,19,21). The van der Waals surface area contributed by atoms with Crippen LogP contribution in [0.5, 0.6) is 0 Å². The summed E-state index contributed by atoms with van der Waals surface area (Å²) in [4.78, 5) is 23.9. The molecule has 1 N–H and O–H groups in total. The molecule has 3 rings (SSSR count). The Kier molecular flexibility index (Phi) is 4.58. The van der Waals surface area contributed by atoms with E-state index < -0.39 is 5.82 Å². The summed E-state index contributed by atoms with van der Waals surface area (Å²) >= 11 is 4.31. The first kappa shape index (κ1) is 15.9. The average Bonchev–Trinajstić information content (AvgIpc) is 2.83. The van der Waals surface area contributed by atoms with Crippen LogP contribution in [0.1, 0.15) is 6.42 Å². The Morgan fingerprint density at radius 1 is 1.26 bits per heavy atom. The Labute approximate surface area is 143 Å². The second-order valence-electron chi connectivity index (χ2n) is 4.91. The molecule has 1 amide bonds. The Hall–Kier alpha value is -1.99. The number of carbonyl (C=O) groups is 1. The van der Waals surface area contributed by atoms with E-state index in [-0.39, 0.29) is 29.4 Å². The average molecular weight is 395 g/mol. The molecule has 23 heavy (non-hydrogen) atoms. The molecule has 0 bridgehead atoms. The zero-order chi connectivity index (χ0) is 16.4. The maximum absolute atomic E-state index is 13.7. The number of benzene rings is 2. The fraction of sp³-hybridized carbons (Fsp3) is 0.125. The van der Waals surface area contributed by atoms with Crippen LogP contribution >= 0.6 is 27.3 Å². The van der Waals surface area contributed by atoms with Gasteiger partial charge < -0.3 is 5.32 Å². The third-order valence-corrected chi connectivity index (χ3v) is 4.79. The molecular weight excluding hydrogens is 383 g/mol. The summed E-state index contributed by atoms with van der Waals surface area (Å²) in [7, 11) is 0. The van der Waals surface area contributed by atoms with Crippen LogP contribution in [0, 0.1) is 5.82 Å². The number of nitrogens with zero attached hydrogens (tertiary/aromatic N) is 1. The number of hydrogen-bond acceptors (Lipinski definition) is 3. The van der Waals surface area contributed by atoms with Crippen molar-refractivity contribution < 1.29 is 9.18 Å². The highest BCUT2D eigenvalue weighted by Gasteiger charge is 2.11. The molecular formula is C16H12BrFN2O2S. The minimum Gasteiger partial charge on any atom is -0.324 e. The monoisotopic (exact) mass is 394 g/mol. The molecule has 0 spiro atoms. The van der Waals surface area contributed by atoms with Gasteiger partial charge in [-0.3, -0.25) is 14.2 Å². The Morgan fingerprint density at radius 2 is 2.04 bits per heavy atom. The van der Waals surface area contributed by atoms with Gasteiger partial charge in [0.2, 0.25) is 5.91 Å². The van der Waals surface area contributed by atoms with Crippen LogP contribution in [0.3, 0.4) is 0 Å². The molecule has 1 aromatic heterocycles. The van der Waals surface area contributed by atoms with Gasteiger partial charge in [0, 0.05) is 17.4 Å². The van der Waals surface area contributed by atoms with E-state index in [0.717, 1.165) is 21.6 Å². The van der Waals surface area contributed by atoms with E-state index in [1.165, 1.54) is 12.1 Å². The van der Waals surface area contributed by atoms with Crippen molar-refractivity contribution in [2.24, 2.45) is 0 Å². The number of rotatable bonds is 4. The lowest BCUT2D eigenvalue weighted by atomic mass is 10.3. The smallest absolute Gasteiger partial charge is 0.308 e. The molecule has 118 valence electrons. The van der Waals surface area contributed by atoms with E-state index in [2.05, 4.69) is 21.2 Å². The maximum Gasteiger partial charge on any atom is 0.308 e. The summed E-state index contributed by atoms with van der Waals surface area (Å²) in [6.07, 6.45) is 0.0934. The molecule has 3 aromatic rings. The second kappa shape index (κ2) is 6.64. The highest BCUT2D eigenvalue weighted by atomic mass is 79.9. The lowest BCUT2D eigenvalue weighted by molar-refractivity contribution is -0.116. The van der Waals surface area contributed by atoms with Crippen molar-refractivity contribution in [1.29, 1.82) is 0 Å². The molecule has 0 unspecified atom stereocenters. The quantitative estimate of drug-likeness (QED) is 0.726. The van der Waals surface area contributed by atoms with Crippen molar-refractivity contribution in [3.8, 4) is 0 Å². The predicted octanol–water partition coefficient (Wildman–Crippen LogP) is 3.99. The van der Waals surface area contributed by atoms with Gasteiger partial charge in [-0.1, -0.05) is 39.4 Å². The maximum atomic E-state index is 13.7. The number of halogens is 2. The molecule has 7 heteroatoms. The van der Waals surface area contributed by atoms with Gasteiger partial charge in [-0.05, 0) is 30.3 Å². The predicted molar refractivity (Wildman–Crippen MR) is 93.4 cm³/mol. The van der Waals surface area contributed by atoms with Gasteiger partial charge in [0.15, 0.2) is 0 Å². The lowest BCUT2D eigenvalue weighted by Gasteiger charge is -2.07. The molecule has 0 radical (unpaired) electrons. The second-order valence-corrected chi connectivity index (χ2v) is 6.82. The number of carbonyl (C=O) groups excluding carboxylic acids is 1. The van der Waals surface area contributed by atoms with Crippen LogP contribution in [0.4, 0.5) is 10.1 Å². The van der Waals surface area contributed by atoms with Crippen LogP contribution in [0.2, 0.25) is 0 Å². The number of hydrogen-bond donors (Lipinski definition) is 1. The number of amides is 1. The van der Waals surface area contributed by atoms with Gasteiger partial charge in [-0.2, -0.15) is 0 Å². The lowest BCUT2D eigenvalue weighted by Crippen LogP contribution is -2.19. The molecule has 0 atom stereocenters. The third kappa shape index (κ3) is 3.51. The van der Waals surface area contributed by atoms with E-state index >= 15 is 0 Å². The summed E-state index contributed by atoms with van der Waals surface area (Å²) in [5.41, 5.74) is 0.936. The molecule has 1 heterocycles. The zero-order valence-electron chi connectivity index (χ0n) is 11.9. The van der Waals surface area contributed by atoms with Gasteiger partial charge >= 0.3 is 4.87 Å². The third-order valence-electron chi connectivity index (χ3n) is 3.34. The topological polar surface area (TPSA) is 51.1 Å². The first-order valence-corrected chi connectivity index (χ1v) is 8.49. The summed E-state index contributed by atoms with van der Waals surface area (Å²) in [5, 5.41) is 2.52. The molecule has 0 fully saturated rings. The molecule has 2 aromatic carbocycles. The number of anilines is 1. The summed E-state index contributed by atoms with van der Waals surface area (Å²) in [6.45, 7) is 0.257. The fourth-order valence-electron chi connectivity index (χ4n) is 2.24. The van der Waals surface area contributed by atoms with Gasteiger partial charge in [0.25, 0.3) is 0 Å². The van der Waals surface area contributed by atoms with Gasteiger partial charge in [0.05, 0.1) is 15.9 Å². The summed E-state index contributed by atoms with van der Waals surface area (Å²) < 4.78 is 16.8. The first-order chi connectivity index (χ1) is 11.0. The number of nitrogens with one attached hydrogen (secondary N) is 1. The summed E-state index contributed by atoms with van der Waals surface area (Å²) in [5.74, 6) is -0.848. The normalized spacial score (nSPS) is 10.9. The van der Waals surface area contributed by atoms with Crippen molar-refractivity contribution in [1.82, 2.24) is 4.57 Å². The SMILES string of the molecule is O=C(CCn1c(=O)sc2ccccc21)Nc1ccc(Br)cc1F. The van der Waals surface area contributed by atoms with Crippen molar-refractivity contribution in [3.63, 3.8) is 0 Å². The Balaban J connectivity index is 1.71. The number of fused-ring (bicyclic) bond motifs is 1. The molecule has 4 nitrogen and oxygen atoms in total. The minimum atomic E-state index is -0.508. The van der Waals surface area contributed by atoms with Crippen molar-refractivity contribution in [2.45, 2.75) is 13.0 Å². The van der Waals surface area contributed by atoms with E-state index in [0.29, 0.717) is 4.47 Å². The Morgan fingerprint density at radius 3 is 2.83 bits per heavy atom. The molecule has 0 aliphatic carbocycles. The fourth-order valence-corrected chi connectivity index (χ4v) is 3.49. The van der Waals surface area contributed by atoms with Crippen molar-refractivity contribution in [3.05, 3.63) is 62.4 Å². The van der Waals surface area contributed by atoms with E-state index in [9.17, 15) is 14.0 Å². The number of thiazole rings is 1. The van der Waals surface area contributed by atoms with Crippen LogP contribution in [-0.2, 0) is 11.3 Å². The van der Waals surface area contributed by atoms with Gasteiger partial charge in [-0.15, -0.1) is 0 Å². The van der Waals surface area contributed by atoms with Crippen molar-refractivity contribution >= 4 is 49.1 Å². The van der Waals surface area contributed by atoms with Crippen LogP contribution in [0.25, 0.3) is 10.2 Å². The number of aromatic nitrogens is 1. The van der Waals surface area contributed by atoms with Crippen LogP contribution in [-0.4, -0.2) is 10.5 Å². The summed E-state index contributed by atoms with van der Waals surface area (Å²) in [6, 6.07) is 11.9. The highest BCUT2D eigenvalue weighted by molar-refractivity contribution is 9.10. The molecule has 0 aliphatic heterocycles. The van der Waals surface area contributed by atoms with Gasteiger partial charge in [0.1, 0.15) is 5.82 Å². The van der Waals surface area contributed by atoms with Crippen LogP contribution < -0.4 is 10.2 Å². The van der Waals surface area contributed by atoms with E-state index in [1.807, 2.05) is 24.3 Å². The van der Waals surface area contributed by atoms with E-state index in [4.69, 9.17) is 0 Å². The van der Waals surface area contributed by atoms with Crippen LogP contribution in [0.15, 0.2) is 51.7 Å². The van der Waals surface area contributed by atoms with Crippen molar-refractivity contribution in [2.75, 3.05) is 5.32 Å². The zero-order valence-corrected chi connectivity index (χ0v) is 14.3. The number of para-hydroxylation sites is 1. The van der Waals surface area contributed by atoms with E-state index in [1.54, 1.807) is 10.6 Å². The van der Waals surface area contributed by atoms with Gasteiger partial charge in [-0.25, -0.2) is 4.39 Å². The molecule has 0 saturated carbocycles. The largest absolute Gasteiger partial charge is 0.324 e. The highest BCUT2D eigenvalue weighted by Crippen LogP contribution is 2.20. The minimum absolute atomic E-state index is 0.0934. The molecule has 0 saturated heterocycles. The first-order valence-electron chi connectivity index (χ1n) is 6.88. The number of aryl methyl sites for hydroxylation is 1. The molecule has 0 aliphatic rings.